The third-order valence-corrected chi connectivity index (χ3v) is 10.1. The van der Waals surface area contributed by atoms with Crippen molar-refractivity contribution in [2.45, 2.75) is 76.9 Å². The largest absolute Gasteiger partial charge is 0.507 e. The quantitative estimate of drug-likeness (QED) is 0.157. The molecule has 3 aromatic heterocycles. The molecule has 8 rings (SSSR count). The summed E-state index contributed by atoms with van der Waals surface area (Å²) in [5.41, 5.74) is 16.2. The second kappa shape index (κ2) is 11.8. The molecule has 4 aliphatic rings. The van der Waals surface area contributed by atoms with Crippen molar-refractivity contribution in [1.82, 2.24) is 9.97 Å². The number of hydrogen-bond donors (Lipinski definition) is 4. The number of quaternary nitrogens is 1. The van der Waals surface area contributed by atoms with Crippen molar-refractivity contribution >= 4 is 34.3 Å². The molecule has 7 heterocycles. The summed E-state index contributed by atoms with van der Waals surface area (Å²) in [6.07, 6.45) is 6.13. The van der Waals surface area contributed by atoms with Crippen LogP contribution in [0.2, 0.25) is 0 Å². The van der Waals surface area contributed by atoms with E-state index in [0.717, 1.165) is 34.7 Å². The Morgan fingerprint density at radius 3 is 2.71 bits per heavy atom. The maximum Gasteiger partial charge on any atom is 0.341 e. The lowest BCUT2D eigenvalue weighted by Gasteiger charge is -2.39. The molecule has 0 amide bonds. The number of carbonyl (C=O) groups is 1. The van der Waals surface area contributed by atoms with Crippen molar-refractivity contribution in [3.05, 3.63) is 93.3 Å². The van der Waals surface area contributed by atoms with E-state index < -0.39 is 23.3 Å². The lowest BCUT2D eigenvalue weighted by Crippen LogP contribution is -3.05. The summed E-state index contributed by atoms with van der Waals surface area (Å²) < 4.78 is 23.8. The Labute approximate surface area is 293 Å². The van der Waals surface area contributed by atoms with Crippen LogP contribution < -0.4 is 26.5 Å². The number of aromatic nitrogens is 2. The van der Waals surface area contributed by atoms with Crippen LogP contribution in [0.4, 0.5) is 11.6 Å². The molecule has 4 atom stereocenters. The molecular formula is C38H39N6O7+. The fraction of sp³-hybridized carbons (Fsp3) is 0.342. The van der Waals surface area contributed by atoms with Crippen molar-refractivity contribution in [3.63, 3.8) is 0 Å². The number of nitrogens with two attached hydrogens (primary N) is 2. The van der Waals surface area contributed by atoms with Crippen molar-refractivity contribution in [3.8, 4) is 22.8 Å². The number of hydrogen-bond acceptors (Lipinski definition) is 12. The number of carbonyl (C=O) groups excluding carboxylic acids is 1. The number of benzene rings is 1. The molecule has 4 aromatic rings. The zero-order valence-electron chi connectivity index (χ0n) is 28.8. The molecule has 4 aliphatic heterocycles. The first-order valence-corrected chi connectivity index (χ1v) is 17.0. The van der Waals surface area contributed by atoms with Gasteiger partial charge in [-0.05, 0) is 76.4 Å². The zero-order valence-corrected chi connectivity index (χ0v) is 28.8. The number of ether oxygens (including phenoxy) is 3. The number of allylic oxidation sites excluding steroid dienone is 1. The van der Waals surface area contributed by atoms with Crippen LogP contribution in [-0.4, -0.2) is 56.7 Å². The highest BCUT2D eigenvalue weighted by molar-refractivity contribution is 6.06. The van der Waals surface area contributed by atoms with Gasteiger partial charge in [0.15, 0.2) is 11.0 Å². The summed E-state index contributed by atoms with van der Waals surface area (Å²) in [5, 5.41) is 11.1. The van der Waals surface area contributed by atoms with E-state index in [-0.39, 0.29) is 34.7 Å². The normalized spacial score (nSPS) is 24.0. The Morgan fingerprint density at radius 2 is 1.90 bits per heavy atom. The van der Waals surface area contributed by atoms with E-state index in [0.29, 0.717) is 53.8 Å². The minimum Gasteiger partial charge on any atom is -0.507 e. The van der Waals surface area contributed by atoms with Crippen LogP contribution in [0.5, 0.6) is 11.5 Å². The molecule has 1 saturated heterocycles. The number of aromatic hydroxyl groups is 1. The number of esters is 1. The van der Waals surface area contributed by atoms with Gasteiger partial charge in [-0.1, -0.05) is 0 Å². The zero-order chi connectivity index (χ0) is 35.8. The van der Waals surface area contributed by atoms with Crippen LogP contribution in [0.25, 0.3) is 22.2 Å². The molecular weight excluding hydrogens is 652 g/mol. The van der Waals surface area contributed by atoms with E-state index >= 15 is 0 Å². The highest BCUT2D eigenvalue weighted by atomic mass is 16.7. The third kappa shape index (κ3) is 6.02. The SMILES string of the molecule is Cc1cc(=O)c2c(O)c3c(cc2o1)OC(C)(C)[C@H](OC(=O)[C@]1(C)O[C@@H]1CCc1cc(N)nc(-c2cc(N)nc(C[NH+]4C=C5C=CN=C5C4)c2)c1)C3. The molecule has 6 N–H and O–H groups in total. The van der Waals surface area contributed by atoms with Crippen molar-refractivity contribution < 1.29 is 33.4 Å². The maximum absolute atomic E-state index is 13.5. The fourth-order valence-corrected chi connectivity index (χ4v) is 7.25. The molecule has 0 bridgehead atoms. The number of anilines is 2. The number of fused-ring (bicyclic) bond motifs is 3. The van der Waals surface area contributed by atoms with E-state index in [4.69, 9.17) is 30.1 Å². The third-order valence-electron chi connectivity index (χ3n) is 10.1. The number of aliphatic imine (C=N–C) groups is 1. The van der Waals surface area contributed by atoms with Gasteiger partial charge in [0.05, 0.1) is 23.1 Å². The van der Waals surface area contributed by atoms with Crippen LogP contribution >= 0.6 is 0 Å². The summed E-state index contributed by atoms with van der Waals surface area (Å²) in [4.78, 5) is 41.0. The summed E-state index contributed by atoms with van der Waals surface area (Å²) in [6.45, 7) is 8.45. The number of rotatable bonds is 8. The van der Waals surface area contributed by atoms with Gasteiger partial charge >= 0.3 is 5.97 Å². The van der Waals surface area contributed by atoms with Crippen molar-refractivity contribution in [2.24, 2.45) is 4.99 Å². The van der Waals surface area contributed by atoms with Crippen molar-refractivity contribution in [2.75, 3.05) is 18.0 Å². The molecule has 1 unspecified atom stereocenters. The van der Waals surface area contributed by atoms with Gasteiger partial charge in [0, 0.05) is 35.9 Å². The summed E-state index contributed by atoms with van der Waals surface area (Å²) in [5.74, 6) is 0.809. The summed E-state index contributed by atoms with van der Waals surface area (Å²) in [7, 11) is 0. The number of nitrogens with one attached hydrogen (secondary N) is 1. The molecule has 1 aromatic carbocycles. The Balaban J connectivity index is 0.934. The van der Waals surface area contributed by atoms with Gasteiger partial charge in [-0.3, -0.25) is 14.7 Å². The van der Waals surface area contributed by atoms with Gasteiger partial charge in [-0.15, -0.1) is 0 Å². The van der Waals surface area contributed by atoms with Crippen LogP contribution in [0, 0.1) is 6.92 Å². The number of pyridine rings is 2. The Morgan fingerprint density at radius 1 is 1.10 bits per heavy atom. The van der Waals surface area contributed by atoms with Crippen LogP contribution in [-0.2, 0) is 33.7 Å². The highest BCUT2D eigenvalue weighted by Crippen LogP contribution is 2.45. The molecule has 0 aliphatic carbocycles. The Kier molecular flexibility index (Phi) is 7.54. The molecule has 51 heavy (non-hydrogen) atoms. The lowest BCUT2D eigenvalue weighted by molar-refractivity contribution is -0.848. The van der Waals surface area contributed by atoms with Crippen molar-refractivity contribution in [1.29, 1.82) is 0 Å². The van der Waals surface area contributed by atoms with Gasteiger partial charge < -0.3 is 35.2 Å². The highest BCUT2D eigenvalue weighted by Gasteiger charge is 2.60. The monoisotopic (exact) mass is 691 g/mol. The standard InChI is InChI=1S/C38H38N6O7/c1-19-9-27(45)34-29(48-19)15-28-24(35(34)46)14-31(37(2,3)50-28)49-36(47)38(4)30(51-38)6-5-20-10-25(43-32(39)11-20)22-12-23(42-33(40)13-22)17-44-16-21-7-8-41-26(21)18-44/h7-13,15-16,30-31,46H,5-6,14,17-18H2,1-4H3,(H2,39,43)(H2,40,42)/p+1/t30-,31-,38-/m1/s1. The number of phenolic OH excluding ortho intramolecular Hbond substituents is 1. The minimum absolute atomic E-state index is 0.0644. The Hall–Kier alpha value is -5.53. The smallest absolute Gasteiger partial charge is 0.341 e. The average molecular weight is 692 g/mol. The van der Waals surface area contributed by atoms with Gasteiger partial charge in [0.1, 0.15) is 76.6 Å². The molecule has 0 saturated carbocycles. The first kappa shape index (κ1) is 32.7. The minimum atomic E-state index is -1.15. The lowest BCUT2D eigenvalue weighted by atomic mass is 9.89. The second-order valence-corrected chi connectivity index (χ2v) is 14.4. The van der Waals surface area contributed by atoms with E-state index in [2.05, 4.69) is 21.2 Å². The molecule has 13 nitrogen and oxygen atoms in total. The number of nitrogens with zero attached hydrogens (tertiary/aromatic N) is 3. The van der Waals surface area contributed by atoms with E-state index in [1.165, 1.54) is 11.0 Å². The van der Waals surface area contributed by atoms with E-state index in [1.807, 2.05) is 44.3 Å². The number of epoxide rings is 1. The van der Waals surface area contributed by atoms with Gasteiger partial charge in [0.25, 0.3) is 0 Å². The number of nitrogen functional groups attached to an aromatic ring is 2. The molecule has 13 heteroatoms. The number of phenols is 1. The van der Waals surface area contributed by atoms with Gasteiger partial charge in [-0.25, -0.2) is 14.8 Å². The first-order chi connectivity index (χ1) is 24.3. The topological polar surface area (TPSA) is 193 Å². The summed E-state index contributed by atoms with van der Waals surface area (Å²) in [6, 6.07) is 10.5. The van der Waals surface area contributed by atoms with Crippen LogP contribution in [0.3, 0.4) is 0 Å². The van der Waals surface area contributed by atoms with E-state index in [9.17, 15) is 14.7 Å². The predicted octanol–water partition coefficient (Wildman–Crippen LogP) is 3.09. The fourth-order valence-electron chi connectivity index (χ4n) is 7.25. The molecule has 0 radical (unpaired) electrons. The van der Waals surface area contributed by atoms with Crippen LogP contribution in [0.1, 0.15) is 49.8 Å². The molecule has 0 spiro atoms. The predicted molar refractivity (Wildman–Crippen MR) is 189 cm³/mol. The second-order valence-electron chi connectivity index (χ2n) is 14.4. The van der Waals surface area contributed by atoms with E-state index in [1.54, 1.807) is 26.0 Å². The average Bonchev–Trinajstić information content (AvgIpc) is 3.30. The maximum atomic E-state index is 13.5. The molecule has 1 fully saturated rings. The van der Waals surface area contributed by atoms with Gasteiger partial charge in [0.2, 0.25) is 0 Å². The molecule has 262 valence electrons. The Bertz CT molecular complexity index is 2290. The summed E-state index contributed by atoms with van der Waals surface area (Å²) >= 11 is 0. The first-order valence-electron chi connectivity index (χ1n) is 17.0. The number of aryl methyl sites for hydroxylation is 2. The van der Waals surface area contributed by atoms with Gasteiger partial charge in [-0.2, -0.15) is 0 Å². The van der Waals surface area contributed by atoms with Crippen LogP contribution in [0.15, 0.2) is 74.7 Å².